The van der Waals surface area contributed by atoms with E-state index in [4.69, 9.17) is 28.7 Å². The van der Waals surface area contributed by atoms with E-state index in [1.165, 1.54) is 5.56 Å². The molecule has 3 aromatic carbocycles. The molecule has 0 saturated carbocycles. The summed E-state index contributed by atoms with van der Waals surface area (Å²) in [5.74, 6) is 2.55. The highest BCUT2D eigenvalue weighted by Crippen LogP contribution is 2.27. The summed E-state index contributed by atoms with van der Waals surface area (Å²) in [6.07, 6.45) is 0.836. The van der Waals surface area contributed by atoms with E-state index < -0.39 is 0 Å². The van der Waals surface area contributed by atoms with Crippen molar-refractivity contribution in [3.63, 3.8) is 0 Å². The molecular formula is C31H36N2O5S. The van der Waals surface area contributed by atoms with Gasteiger partial charge in [0.25, 0.3) is 0 Å². The average Bonchev–Trinajstić information content (AvgIpc) is 3.45. The van der Waals surface area contributed by atoms with E-state index in [0.717, 1.165) is 45.6 Å². The summed E-state index contributed by atoms with van der Waals surface area (Å²) in [7, 11) is 5.05. The van der Waals surface area contributed by atoms with Gasteiger partial charge in [-0.25, -0.2) is 4.98 Å². The number of hydrogen-bond donors (Lipinski definition) is 0. The van der Waals surface area contributed by atoms with Gasteiger partial charge in [0.1, 0.15) is 17.2 Å². The van der Waals surface area contributed by atoms with Crippen LogP contribution in [0.3, 0.4) is 0 Å². The smallest absolute Gasteiger partial charge is 0.186 e. The lowest BCUT2D eigenvalue weighted by molar-refractivity contribution is 0.0407. The van der Waals surface area contributed by atoms with Crippen molar-refractivity contribution < 1.29 is 23.7 Å². The molecular weight excluding hydrogens is 512 g/mol. The van der Waals surface area contributed by atoms with Gasteiger partial charge in [0.2, 0.25) is 0 Å². The number of rotatable bonds is 16. The van der Waals surface area contributed by atoms with Crippen LogP contribution in [0.1, 0.15) is 22.4 Å². The largest absolute Gasteiger partial charge is 0.497 e. The number of anilines is 1. The molecule has 0 bridgehead atoms. The molecule has 4 aromatic rings. The van der Waals surface area contributed by atoms with Crippen molar-refractivity contribution >= 4 is 16.5 Å². The first-order valence-electron chi connectivity index (χ1n) is 12.9. The number of thiazole rings is 1. The Bertz CT molecular complexity index is 1250. The third-order valence-corrected chi connectivity index (χ3v) is 7.07. The highest BCUT2D eigenvalue weighted by atomic mass is 32.1. The molecule has 4 rings (SSSR count). The highest BCUT2D eigenvalue weighted by molar-refractivity contribution is 7.13. The molecule has 0 amide bonds. The van der Waals surface area contributed by atoms with Crippen molar-refractivity contribution in [2.75, 3.05) is 46.0 Å². The molecule has 39 heavy (non-hydrogen) atoms. The van der Waals surface area contributed by atoms with E-state index >= 15 is 0 Å². The molecule has 0 spiro atoms. The molecule has 0 fully saturated rings. The number of aromatic nitrogens is 1. The van der Waals surface area contributed by atoms with Gasteiger partial charge in [-0.2, -0.15) is 0 Å². The predicted octanol–water partition coefficient (Wildman–Crippen LogP) is 6.15. The second kappa shape index (κ2) is 15.1. The zero-order chi connectivity index (χ0) is 27.3. The summed E-state index contributed by atoms with van der Waals surface area (Å²) in [6.45, 7) is 3.54. The summed E-state index contributed by atoms with van der Waals surface area (Å²) in [6, 6.07) is 24.3. The van der Waals surface area contributed by atoms with Crippen molar-refractivity contribution in [2.24, 2.45) is 0 Å². The van der Waals surface area contributed by atoms with Crippen molar-refractivity contribution in [3.8, 4) is 17.2 Å². The monoisotopic (exact) mass is 548 g/mol. The Kier molecular flexibility index (Phi) is 11.0. The van der Waals surface area contributed by atoms with Gasteiger partial charge in [-0.1, -0.05) is 36.4 Å². The molecule has 0 aliphatic rings. The standard InChI is InChI=1S/C31H36N2O5S/c1-34-28-10-4-7-24(17-28)13-14-37-15-16-38-22-27-23-39-31(32-27)33(20-25-8-5-11-29(18-25)35-2)21-26-9-6-12-30(19-26)36-3/h4-12,17-19,23H,13-16,20-22H2,1-3H3. The minimum Gasteiger partial charge on any atom is -0.497 e. The zero-order valence-corrected chi connectivity index (χ0v) is 23.6. The van der Waals surface area contributed by atoms with Crippen molar-refractivity contribution in [2.45, 2.75) is 26.1 Å². The molecule has 0 atom stereocenters. The molecule has 1 heterocycles. The fourth-order valence-corrected chi connectivity index (χ4v) is 4.91. The fraction of sp³-hybridized carbons (Fsp3) is 0.323. The lowest BCUT2D eigenvalue weighted by atomic mass is 10.1. The summed E-state index contributed by atoms with van der Waals surface area (Å²) in [5, 5.41) is 3.00. The normalized spacial score (nSPS) is 10.8. The second-order valence-corrected chi connectivity index (χ2v) is 9.78. The predicted molar refractivity (Wildman–Crippen MR) is 155 cm³/mol. The van der Waals surface area contributed by atoms with E-state index in [-0.39, 0.29) is 0 Å². The van der Waals surface area contributed by atoms with Crippen LogP contribution >= 0.6 is 11.3 Å². The lowest BCUT2D eigenvalue weighted by Crippen LogP contribution is -2.22. The van der Waals surface area contributed by atoms with Crippen LogP contribution in [0.15, 0.2) is 78.2 Å². The molecule has 0 unspecified atom stereocenters. The van der Waals surface area contributed by atoms with E-state index in [9.17, 15) is 0 Å². The van der Waals surface area contributed by atoms with Crippen molar-refractivity contribution in [3.05, 3.63) is 101 Å². The molecule has 0 radical (unpaired) electrons. The van der Waals surface area contributed by atoms with E-state index in [1.807, 2.05) is 42.5 Å². The van der Waals surface area contributed by atoms with Crippen LogP contribution in [0, 0.1) is 0 Å². The van der Waals surface area contributed by atoms with Gasteiger partial charge in [0.15, 0.2) is 5.13 Å². The first kappa shape index (κ1) is 28.4. The minimum absolute atomic E-state index is 0.446. The van der Waals surface area contributed by atoms with Crippen molar-refractivity contribution in [1.82, 2.24) is 4.98 Å². The highest BCUT2D eigenvalue weighted by Gasteiger charge is 2.14. The van der Waals surface area contributed by atoms with Gasteiger partial charge < -0.3 is 28.6 Å². The summed E-state index contributed by atoms with van der Waals surface area (Å²) < 4.78 is 27.7. The maximum atomic E-state index is 5.85. The maximum absolute atomic E-state index is 5.85. The van der Waals surface area contributed by atoms with Crippen LogP contribution in [0.25, 0.3) is 0 Å². The molecule has 0 N–H and O–H groups in total. The van der Waals surface area contributed by atoms with Gasteiger partial charge in [-0.3, -0.25) is 0 Å². The van der Waals surface area contributed by atoms with Gasteiger partial charge in [-0.05, 0) is 59.5 Å². The van der Waals surface area contributed by atoms with Crippen LogP contribution in [0.4, 0.5) is 5.13 Å². The first-order valence-corrected chi connectivity index (χ1v) is 13.8. The minimum atomic E-state index is 0.446. The summed E-state index contributed by atoms with van der Waals surface area (Å²) in [5.41, 5.74) is 4.40. The first-order chi connectivity index (χ1) is 19.2. The molecule has 1 aromatic heterocycles. The van der Waals surface area contributed by atoms with E-state index in [1.54, 1.807) is 32.7 Å². The van der Waals surface area contributed by atoms with Gasteiger partial charge in [-0.15, -0.1) is 11.3 Å². The summed E-state index contributed by atoms with van der Waals surface area (Å²) >= 11 is 1.62. The van der Waals surface area contributed by atoms with Crippen LogP contribution in [-0.2, 0) is 35.6 Å². The molecule has 8 heteroatoms. The Labute approximate surface area is 234 Å². The van der Waals surface area contributed by atoms with Crippen LogP contribution in [-0.4, -0.2) is 46.1 Å². The van der Waals surface area contributed by atoms with Crippen LogP contribution in [0.5, 0.6) is 17.2 Å². The molecule has 7 nitrogen and oxygen atoms in total. The quantitative estimate of drug-likeness (QED) is 0.156. The Balaban J connectivity index is 1.29. The fourth-order valence-electron chi connectivity index (χ4n) is 4.10. The van der Waals surface area contributed by atoms with Gasteiger partial charge in [0, 0.05) is 18.5 Å². The molecule has 206 valence electrons. The Morgan fingerprint density at radius 3 is 1.79 bits per heavy atom. The Morgan fingerprint density at radius 1 is 0.667 bits per heavy atom. The van der Waals surface area contributed by atoms with Crippen LogP contribution in [0.2, 0.25) is 0 Å². The number of benzene rings is 3. The van der Waals surface area contributed by atoms with Gasteiger partial charge >= 0.3 is 0 Å². The number of hydrogen-bond acceptors (Lipinski definition) is 8. The van der Waals surface area contributed by atoms with Gasteiger partial charge in [0.05, 0.1) is 53.5 Å². The second-order valence-electron chi connectivity index (χ2n) is 8.95. The zero-order valence-electron chi connectivity index (χ0n) is 22.8. The SMILES string of the molecule is COc1cccc(CCOCCOCc2csc(N(Cc3cccc(OC)c3)Cc3cccc(OC)c3)n2)c1. The number of nitrogens with zero attached hydrogens (tertiary/aromatic N) is 2. The Hall–Kier alpha value is -3.59. The number of methoxy groups -OCH3 is 3. The van der Waals surface area contributed by atoms with Crippen molar-refractivity contribution in [1.29, 1.82) is 0 Å². The van der Waals surface area contributed by atoms with E-state index in [2.05, 4.69) is 40.6 Å². The third-order valence-electron chi connectivity index (χ3n) is 6.12. The average molecular weight is 549 g/mol. The maximum Gasteiger partial charge on any atom is 0.186 e. The summed E-state index contributed by atoms with van der Waals surface area (Å²) in [4.78, 5) is 7.15. The van der Waals surface area contributed by atoms with E-state index in [0.29, 0.717) is 39.5 Å². The molecule has 0 aliphatic carbocycles. The molecule has 0 saturated heterocycles. The topological polar surface area (TPSA) is 62.3 Å². The van der Waals surface area contributed by atoms with Crippen LogP contribution < -0.4 is 19.1 Å². The third kappa shape index (κ3) is 8.99. The molecule has 0 aliphatic heterocycles. The number of ether oxygens (including phenoxy) is 5. The Morgan fingerprint density at radius 2 is 1.21 bits per heavy atom. The lowest BCUT2D eigenvalue weighted by Gasteiger charge is -2.22.